The molecule has 1 atom stereocenters. The highest BCUT2D eigenvalue weighted by Gasteiger charge is 2.30. The second-order valence-corrected chi connectivity index (χ2v) is 5.20. The maximum absolute atomic E-state index is 11.9. The summed E-state index contributed by atoms with van der Waals surface area (Å²) in [4.78, 5) is 24.4. The maximum Gasteiger partial charge on any atom is 0.308 e. The van der Waals surface area contributed by atoms with Crippen LogP contribution in [0, 0.1) is 19.8 Å². The molecule has 1 fully saturated rings. The molecule has 1 amide bonds. The van der Waals surface area contributed by atoms with Gasteiger partial charge in [-0.25, -0.2) is 0 Å². The number of rotatable bonds is 4. The lowest BCUT2D eigenvalue weighted by molar-refractivity contribution is -0.141. The lowest BCUT2D eigenvalue weighted by atomic mass is 10.1. The summed E-state index contributed by atoms with van der Waals surface area (Å²) in [5, 5.41) is 8.91. The second kappa shape index (κ2) is 5.94. The van der Waals surface area contributed by atoms with E-state index in [1.54, 1.807) is 4.90 Å². The van der Waals surface area contributed by atoms with E-state index in [4.69, 9.17) is 9.84 Å². The number of aryl methyl sites for hydroxylation is 2. The summed E-state index contributed by atoms with van der Waals surface area (Å²) in [6.07, 6.45) is 0.519. The number of carbonyl (C=O) groups excluding carboxylic acids is 1. The molecule has 108 valence electrons. The molecule has 1 aliphatic rings. The van der Waals surface area contributed by atoms with Crippen LogP contribution in [0.3, 0.4) is 0 Å². The third-order valence-corrected chi connectivity index (χ3v) is 3.73. The van der Waals surface area contributed by atoms with E-state index in [0.29, 0.717) is 18.7 Å². The predicted molar refractivity (Wildman–Crippen MR) is 73.7 cm³/mol. The Balaban J connectivity index is 1.86. The molecule has 0 bridgehead atoms. The molecule has 1 aliphatic heterocycles. The predicted octanol–water partition coefficient (Wildman–Crippen LogP) is 1.62. The van der Waals surface area contributed by atoms with Crippen LogP contribution in [0.1, 0.15) is 17.5 Å². The number of aliphatic carboxylic acids is 1. The zero-order chi connectivity index (χ0) is 14.7. The van der Waals surface area contributed by atoms with Crippen molar-refractivity contribution in [2.45, 2.75) is 20.3 Å². The molecule has 1 aromatic rings. The molecule has 2 rings (SSSR count). The van der Waals surface area contributed by atoms with Crippen molar-refractivity contribution < 1.29 is 19.4 Å². The quantitative estimate of drug-likeness (QED) is 0.908. The molecule has 5 nitrogen and oxygen atoms in total. The molecule has 5 heteroatoms. The SMILES string of the molecule is Cc1ccc(OCC(=O)N2CC[C@@H](C(=O)O)C2)cc1C. The first-order valence-electron chi connectivity index (χ1n) is 6.68. The van der Waals surface area contributed by atoms with Crippen LogP contribution in [0.5, 0.6) is 5.75 Å². The van der Waals surface area contributed by atoms with Crippen molar-refractivity contribution in [3.05, 3.63) is 29.3 Å². The van der Waals surface area contributed by atoms with Gasteiger partial charge in [0, 0.05) is 13.1 Å². The van der Waals surface area contributed by atoms with Gasteiger partial charge < -0.3 is 14.7 Å². The van der Waals surface area contributed by atoms with Crippen LogP contribution in [0.2, 0.25) is 0 Å². The van der Waals surface area contributed by atoms with Crippen molar-refractivity contribution in [2.24, 2.45) is 5.92 Å². The first-order chi connectivity index (χ1) is 9.47. The lowest BCUT2D eigenvalue weighted by Gasteiger charge is -2.16. The molecule has 1 aromatic carbocycles. The summed E-state index contributed by atoms with van der Waals surface area (Å²) in [6.45, 7) is 4.73. The van der Waals surface area contributed by atoms with Crippen LogP contribution in [-0.2, 0) is 9.59 Å². The topological polar surface area (TPSA) is 66.8 Å². The molecule has 20 heavy (non-hydrogen) atoms. The molecule has 1 heterocycles. The van der Waals surface area contributed by atoms with Crippen molar-refractivity contribution in [3.63, 3.8) is 0 Å². The van der Waals surface area contributed by atoms with Crippen LogP contribution in [-0.4, -0.2) is 41.6 Å². The maximum atomic E-state index is 11.9. The van der Waals surface area contributed by atoms with E-state index in [1.165, 1.54) is 5.56 Å². The van der Waals surface area contributed by atoms with Crippen LogP contribution < -0.4 is 4.74 Å². The zero-order valence-corrected chi connectivity index (χ0v) is 11.8. The second-order valence-electron chi connectivity index (χ2n) is 5.20. The van der Waals surface area contributed by atoms with Crippen molar-refractivity contribution in [1.29, 1.82) is 0 Å². The standard InChI is InChI=1S/C15H19NO4/c1-10-3-4-13(7-11(10)2)20-9-14(17)16-6-5-12(8-16)15(18)19/h3-4,7,12H,5-6,8-9H2,1-2H3,(H,18,19)/t12-/m1/s1. The van der Waals surface area contributed by atoms with Crippen LogP contribution in [0.25, 0.3) is 0 Å². The Morgan fingerprint density at radius 3 is 2.70 bits per heavy atom. The highest BCUT2D eigenvalue weighted by Crippen LogP contribution is 2.18. The zero-order valence-electron chi connectivity index (χ0n) is 11.8. The number of carboxylic acids is 1. The number of likely N-dealkylation sites (tertiary alicyclic amines) is 1. The molecule has 0 radical (unpaired) electrons. The normalized spacial score (nSPS) is 18.1. The van der Waals surface area contributed by atoms with Crippen molar-refractivity contribution in [2.75, 3.05) is 19.7 Å². The first kappa shape index (κ1) is 14.4. The summed E-state index contributed by atoms with van der Waals surface area (Å²) in [5.41, 5.74) is 2.29. The van der Waals surface area contributed by atoms with Gasteiger partial charge in [0.15, 0.2) is 6.61 Å². The van der Waals surface area contributed by atoms with Gasteiger partial charge in [0.25, 0.3) is 5.91 Å². The monoisotopic (exact) mass is 277 g/mol. The first-order valence-corrected chi connectivity index (χ1v) is 6.68. The molecular weight excluding hydrogens is 258 g/mol. The number of hydrogen-bond donors (Lipinski definition) is 1. The Hall–Kier alpha value is -2.04. The Bertz CT molecular complexity index is 527. The van der Waals surface area contributed by atoms with E-state index < -0.39 is 11.9 Å². The molecule has 1 N–H and O–H groups in total. The Morgan fingerprint density at radius 1 is 1.35 bits per heavy atom. The lowest BCUT2D eigenvalue weighted by Crippen LogP contribution is -2.33. The summed E-state index contributed by atoms with van der Waals surface area (Å²) in [5.74, 6) is -0.779. The van der Waals surface area contributed by atoms with E-state index in [2.05, 4.69) is 0 Å². The summed E-state index contributed by atoms with van der Waals surface area (Å²) in [6, 6.07) is 5.68. The van der Waals surface area contributed by atoms with E-state index >= 15 is 0 Å². The number of carbonyl (C=O) groups is 2. The number of benzene rings is 1. The van der Waals surface area contributed by atoms with Gasteiger partial charge in [0.05, 0.1) is 5.92 Å². The van der Waals surface area contributed by atoms with E-state index in [-0.39, 0.29) is 19.1 Å². The molecule has 0 saturated carbocycles. The van der Waals surface area contributed by atoms with Gasteiger partial charge in [0.1, 0.15) is 5.75 Å². The molecular formula is C15H19NO4. The average molecular weight is 277 g/mol. The van der Waals surface area contributed by atoms with Gasteiger partial charge in [0.2, 0.25) is 0 Å². The molecule has 0 aromatic heterocycles. The fourth-order valence-electron chi connectivity index (χ4n) is 2.23. The Labute approximate surface area is 118 Å². The minimum atomic E-state index is -0.838. The van der Waals surface area contributed by atoms with Crippen molar-refractivity contribution in [1.82, 2.24) is 4.90 Å². The average Bonchev–Trinajstić information content (AvgIpc) is 2.89. The summed E-state index contributed by atoms with van der Waals surface area (Å²) >= 11 is 0. The molecule has 1 saturated heterocycles. The number of amides is 1. The van der Waals surface area contributed by atoms with Gasteiger partial charge in [-0.1, -0.05) is 6.07 Å². The smallest absolute Gasteiger partial charge is 0.308 e. The molecule has 0 spiro atoms. The Kier molecular flexibility index (Phi) is 4.27. The summed E-state index contributed by atoms with van der Waals surface area (Å²) in [7, 11) is 0. The van der Waals surface area contributed by atoms with Gasteiger partial charge in [-0.3, -0.25) is 9.59 Å². The number of ether oxygens (including phenoxy) is 1. The van der Waals surface area contributed by atoms with E-state index in [9.17, 15) is 9.59 Å². The van der Waals surface area contributed by atoms with Gasteiger partial charge in [-0.2, -0.15) is 0 Å². The summed E-state index contributed by atoms with van der Waals surface area (Å²) < 4.78 is 5.47. The molecule has 0 unspecified atom stereocenters. The fourth-order valence-corrected chi connectivity index (χ4v) is 2.23. The highest BCUT2D eigenvalue weighted by molar-refractivity contribution is 5.80. The van der Waals surface area contributed by atoms with E-state index in [0.717, 1.165) is 5.56 Å². The van der Waals surface area contributed by atoms with Crippen molar-refractivity contribution in [3.8, 4) is 5.75 Å². The Morgan fingerprint density at radius 2 is 2.10 bits per heavy atom. The largest absolute Gasteiger partial charge is 0.484 e. The minimum absolute atomic E-state index is 0.0468. The number of hydrogen-bond acceptors (Lipinski definition) is 3. The highest BCUT2D eigenvalue weighted by atomic mass is 16.5. The van der Waals surface area contributed by atoms with Gasteiger partial charge >= 0.3 is 5.97 Å². The van der Waals surface area contributed by atoms with E-state index in [1.807, 2.05) is 32.0 Å². The minimum Gasteiger partial charge on any atom is -0.484 e. The van der Waals surface area contributed by atoms with Crippen LogP contribution >= 0.6 is 0 Å². The van der Waals surface area contributed by atoms with Crippen molar-refractivity contribution >= 4 is 11.9 Å². The van der Waals surface area contributed by atoms with Gasteiger partial charge in [-0.05, 0) is 43.5 Å². The van der Waals surface area contributed by atoms with Crippen LogP contribution in [0.15, 0.2) is 18.2 Å². The fraction of sp³-hybridized carbons (Fsp3) is 0.467. The van der Waals surface area contributed by atoms with Crippen LogP contribution in [0.4, 0.5) is 0 Å². The number of nitrogens with zero attached hydrogens (tertiary/aromatic N) is 1. The number of carboxylic acid groups (broad SMARTS) is 1. The third kappa shape index (κ3) is 3.29. The molecule has 0 aliphatic carbocycles. The van der Waals surface area contributed by atoms with Gasteiger partial charge in [-0.15, -0.1) is 0 Å². The third-order valence-electron chi connectivity index (χ3n) is 3.73.